The van der Waals surface area contributed by atoms with Crippen LogP contribution >= 0.6 is 0 Å². The van der Waals surface area contributed by atoms with Crippen molar-refractivity contribution in [1.29, 1.82) is 5.41 Å². The van der Waals surface area contributed by atoms with Crippen molar-refractivity contribution in [2.45, 2.75) is 19.9 Å². The van der Waals surface area contributed by atoms with Crippen molar-refractivity contribution < 1.29 is 4.74 Å². The SMILES string of the molecule is COc1cccc2cc(C(=N)c3c(N)ncnc3NC(C)C)[nH]c12. The highest BCUT2D eigenvalue weighted by Crippen LogP contribution is 2.28. The number of methoxy groups -OCH3 is 1. The number of benzene rings is 1. The molecule has 0 saturated carbocycles. The number of aromatic amines is 1. The first kappa shape index (κ1) is 15.8. The van der Waals surface area contributed by atoms with Gasteiger partial charge in [0.25, 0.3) is 0 Å². The quantitative estimate of drug-likeness (QED) is 0.539. The average molecular weight is 324 g/mol. The number of anilines is 2. The number of nitrogens with one attached hydrogen (secondary N) is 3. The molecule has 0 radical (unpaired) electrons. The molecule has 3 aromatic rings. The van der Waals surface area contributed by atoms with E-state index in [0.29, 0.717) is 17.1 Å². The lowest BCUT2D eigenvalue weighted by atomic mass is 10.1. The van der Waals surface area contributed by atoms with E-state index < -0.39 is 0 Å². The topological polar surface area (TPSA) is 113 Å². The fraction of sp³-hybridized carbons (Fsp3) is 0.235. The molecular formula is C17H20N6O. The monoisotopic (exact) mass is 324 g/mol. The number of nitrogens with zero attached hydrogens (tertiary/aromatic N) is 2. The number of para-hydroxylation sites is 1. The molecule has 124 valence electrons. The van der Waals surface area contributed by atoms with Crippen molar-refractivity contribution in [3.05, 3.63) is 41.9 Å². The zero-order chi connectivity index (χ0) is 17.3. The van der Waals surface area contributed by atoms with Crippen molar-refractivity contribution in [3.8, 4) is 5.75 Å². The van der Waals surface area contributed by atoms with Gasteiger partial charge in [0.05, 0.1) is 29.6 Å². The van der Waals surface area contributed by atoms with Gasteiger partial charge in [0, 0.05) is 11.4 Å². The van der Waals surface area contributed by atoms with E-state index in [4.69, 9.17) is 15.9 Å². The first-order chi connectivity index (χ1) is 11.5. The Balaban J connectivity index is 2.10. The van der Waals surface area contributed by atoms with Gasteiger partial charge in [0.15, 0.2) is 0 Å². The van der Waals surface area contributed by atoms with E-state index in [0.717, 1.165) is 16.7 Å². The second-order valence-corrected chi connectivity index (χ2v) is 5.76. The number of rotatable bonds is 5. The molecule has 2 aromatic heterocycles. The van der Waals surface area contributed by atoms with E-state index in [1.54, 1.807) is 7.11 Å². The standard InChI is InChI=1S/C17H20N6O/c1-9(2)22-17-13(16(19)20-8-21-17)14(18)11-7-10-5-4-6-12(24-3)15(10)23-11/h4-9,18,23H,1-3H3,(H3,19,20,21,22). The first-order valence-corrected chi connectivity index (χ1v) is 7.63. The molecule has 0 aliphatic heterocycles. The molecule has 0 atom stereocenters. The van der Waals surface area contributed by atoms with Gasteiger partial charge in [-0.3, -0.25) is 5.41 Å². The number of H-pyrrole nitrogens is 1. The van der Waals surface area contributed by atoms with Gasteiger partial charge in [-0.05, 0) is 26.0 Å². The van der Waals surface area contributed by atoms with Crippen LogP contribution in [0.4, 0.5) is 11.6 Å². The highest BCUT2D eigenvalue weighted by molar-refractivity contribution is 6.17. The van der Waals surface area contributed by atoms with Gasteiger partial charge < -0.3 is 20.8 Å². The second kappa shape index (κ2) is 6.19. The Bertz CT molecular complexity index is 899. The van der Waals surface area contributed by atoms with Crippen molar-refractivity contribution in [3.63, 3.8) is 0 Å². The Labute approximate surface area is 139 Å². The fourth-order valence-electron chi connectivity index (χ4n) is 2.60. The Hall–Kier alpha value is -3.09. The van der Waals surface area contributed by atoms with Crippen molar-refractivity contribution in [1.82, 2.24) is 15.0 Å². The lowest BCUT2D eigenvalue weighted by Crippen LogP contribution is -2.18. The van der Waals surface area contributed by atoms with E-state index >= 15 is 0 Å². The summed E-state index contributed by atoms with van der Waals surface area (Å²) in [4.78, 5) is 11.5. The molecule has 0 aliphatic rings. The van der Waals surface area contributed by atoms with E-state index in [-0.39, 0.29) is 17.6 Å². The van der Waals surface area contributed by atoms with Crippen LogP contribution in [0, 0.1) is 5.41 Å². The maximum absolute atomic E-state index is 8.58. The van der Waals surface area contributed by atoms with E-state index in [1.165, 1.54) is 6.33 Å². The van der Waals surface area contributed by atoms with Crippen LogP contribution < -0.4 is 15.8 Å². The maximum Gasteiger partial charge on any atom is 0.142 e. The minimum Gasteiger partial charge on any atom is -0.495 e. The summed E-state index contributed by atoms with van der Waals surface area (Å²) in [6, 6.07) is 7.80. The van der Waals surface area contributed by atoms with Gasteiger partial charge in [0.1, 0.15) is 23.7 Å². The molecule has 2 heterocycles. The van der Waals surface area contributed by atoms with Crippen LogP contribution in [0.5, 0.6) is 5.75 Å². The molecule has 0 fully saturated rings. The number of hydrogen-bond acceptors (Lipinski definition) is 6. The maximum atomic E-state index is 8.58. The van der Waals surface area contributed by atoms with Crippen molar-refractivity contribution in [2.24, 2.45) is 0 Å². The number of hydrogen-bond donors (Lipinski definition) is 4. The molecule has 0 unspecified atom stereocenters. The summed E-state index contributed by atoms with van der Waals surface area (Å²) in [5, 5.41) is 12.8. The third kappa shape index (κ3) is 2.76. The summed E-state index contributed by atoms with van der Waals surface area (Å²) in [7, 11) is 1.62. The van der Waals surface area contributed by atoms with Crippen LogP contribution in [0.3, 0.4) is 0 Å². The molecule has 5 N–H and O–H groups in total. The normalized spacial score (nSPS) is 11.0. The average Bonchev–Trinajstić information content (AvgIpc) is 2.98. The lowest BCUT2D eigenvalue weighted by Gasteiger charge is -2.14. The second-order valence-electron chi connectivity index (χ2n) is 5.76. The van der Waals surface area contributed by atoms with Crippen LogP contribution in [-0.4, -0.2) is 33.8 Å². The molecule has 3 rings (SSSR count). The minimum atomic E-state index is 0.161. The summed E-state index contributed by atoms with van der Waals surface area (Å²) >= 11 is 0. The van der Waals surface area contributed by atoms with Crippen LogP contribution in [0.1, 0.15) is 25.1 Å². The van der Waals surface area contributed by atoms with Gasteiger partial charge in [-0.1, -0.05) is 12.1 Å². The van der Waals surface area contributed by atoms with Crippen molar-refractivity contribution >= 4 is 28.3 Å². The van der Waals surface area contributed by atoms with Gasteiger partial charge in [-0.2, -0.15) is 0 Å². The first-order valence-electron chi connectivity index (χ1n) is 7.63. The third-order valence-electron chi connectivity index (χ3n) is 3.66. The Morgan fingerprint density at radius 1 is 1.33 bits per heavy atom. The Morgan fingerprint density at radius 2 is 2.12 bits per heavy atom. The predicted molar refractivity (Wildman–Crippen MR) is 96.0 cm³/mol. The third-order valence-corrected chi connectivity index (χ3v) is 3.66. The van der Waals surface area contributed by atoms with Gasteiger partial charge in [-0.15, -0.1) is 0 Å². The fourth-order valence-corrected chi connectivity index (χ4v) is 2.60. The highest BCUT2D eigenvalue weighted by Gasteiger charge is 2.19. The molecule has 7 heteroatoms. The summed E-state index contributed by atoms with van der Waals surface area (Å²) in [6.07, 6.45) is 1.39. The molecule has 0 spiro atoms. The number of nitrogens with two attached hydrogens (primary N) is 1. The zero-order valence-corrected chi connectivity index (χ0v) is 13.8. The zero-order valence-electron chi connectivity index (χ0n) is 13.8. The van der Waals surface area contributed by atoms with Crippen molar-refractivity contribution in [2.75, 3.05) is 18.2 Å². The van der Waals surface area contributed by atoms with Gasteiger partial charge >= 0.3 is 0 Å². The number of ether oxygens (including phenoxy) is 1. The van der Waals surface area contributed by atoms with Crippen LogP contribution in [0.15, 0.2) is 30.6 Å². The minimum absolute atomic E-state index is 0.161. The molecule has 24 heavy (non-hydrogen) atoms. The highest BCUT2D eigenvalue weighted by atomic mass is 16.5. The Morgan fingerprint density at radius 3 is 2.83 bits per heavy atom. The molecule has 1 aromatic carbocycles. The molecule has 0 bridgehead atoms. The van der Waals surface area contributed by atoms with Gasteiger partial charge in [-0.25, -0.2) is 9.97 Å². The summed E-state index contributed by atoms with van der Waals surface area (Å²) in [5.74, 6) is 1.54. The summed E-state index contributed by atoms with van der Waals surface area (Å²) in [6.45, 7) is 4.00. The van der Waals surface area contributed by atoms with E-state index in [1.807, 2.05) is 38.1 Å². The van der Waals surface area contributed by atoms with Crippen LogP contribution in [0.2, 0.25) is 0 Å². The molecular weight excluding hydrogens is 304 g/mol. The predicted octanol–water partition coefficient (Wildman–Crippen LogP) is 2.79. The number of nitrogen functional groups attached to an aromatic ring is 1. The Kier molecular flexibility index (Phi) is 4.07. The lowest BCUT2D eigenvalue weighted by molar-refractivity contribution is 0.419. The van der Waals surface area contributed by atoms with Gasteiger partial charge in [0.2, 0.25) is 0 Å². The molecule has 0 amide bonds. The van der Waals surface area contributed by atoms with E-state index in [9.17, 15) is 0 Å². The van der Waals surface area contributed by atoms with E-state index in [2.05, 4.69) is 20.3 Å². The number of fused-ring (bicyclic) bond motifs is 1. The summed E-state index contributed by atoms with van der Waals surface area (Å²) < 4.78 is 5.36. The molecule has 7 nitrogen and oxygen atoms in total. The molecule has 0 aliphatic carbocycles. The van der Waals surface area contributed by atoms with Crippen LogP contribution in [0.25, 0.3) is 10.9 Å². The van der Waals surface area contributed by atoms with Crippen LogP contribution in [-0.2, 0) is 0 Å². The largest absolute Gasteiger partial charge is 0.495 e. The molecule has 0 saturated heterocycles. The number of aromatic nitrogens is 3. The summed E-state index contributed by atoms with van der Waals surface area (Å²) in [5.41, 5.74) is 8.20. The smallest absolute Gasteiger partial charge is 0.142 e.